The minimum absolute atomic E-state index is 0.365. The Balaban J connectivity index is 1.67. The van der Waals surface area contributed by atoms with E-state index in [9.17, 15) is 0 Å². The Morgan fingerprint density at radius 2 is 1.55 bits per heavy atom. The zero-order valence-corrected chi connectivity index (χ0v) is 13.2. The summed E-state index contributed by atoms with van der Waals surface area (Å²) in [6.45, 7) is 2.26. The third kappa shape index (κ3) is 4.65. The number of nitriles is 1. The summed E-state index contributed by atoms with van der Waals surface area (Å²) in [5.41, 5.74) is 0. The Labute approximate surface area is 125 Å². The fourth-order valence-electron chi connectivity index (χ4n) is 4.14. The van der Waals surface area contributed by atoms with Gasteiger partial charge in [0, 0.05) is 5.92 Å². The molecular formula is C19H31N. The number of hydrogen-bond acceptors (Lipinski definition) is 1. The van der Waals surface area contributed by atoms with Crippen molar-refractivity contribution in [2.75, 3.05) is 0 Å². The molecule has 2 aliphatic carbocycles. The van der Waals surface area contributed by atoms with Crippen molar-refractivity contribution < 1.29 is 0 Å². The standard InChI is InChI=1S/C19H31N/c1-2-3-4-5-6-16-7-11-18(12-8-16)19-13-9-17(15-20)10-14-19/h5-6,16-19H,2-4,7-14H2,1H3/t16-,17-,18-,19-. The van der Waals surface area contributed by atoms with E-state index in [1.165, 1.54) is 57.8 Å². The van der Waals surface area contributed by atoms with E-state index < -0.39 is 0 Å². The van der Waals surface area contributed by atoms with Gasteiger partial charge in [-0.15, -0.1) is 0 Å². The maximum atomic E-state index is 8.99. The summed E-state index contributed by atoms with van der Waals surface area (Å²) in [5.74, 6) is 3.13. The molecule has 0 aromatic rings. The van der Waals surface area contributed by atoms with Gasteiger partial charge in [0.25, 0.3) is 0 Å². The maximum absolute atomic E-state index is 8.99. The van der Waals surface area contributed by atoms with E-state index in [2.05, 4.69) is 25.1 Å². The van der Waals surface area contributed by atoms with Crippen molar-refractivity contribution in [1.29, 1.82) is 5.26 Å². The van der Waals surface area contributed by atoms with Gasteiger partial charge in [0.05, 0.1) is 6.07 Å². The third-order valence-corrected chi connectivity index (χ3v) is 5.57. The van der Waals surface area contributed by atoms with E-state index >= 15 is 0 Å². The smallest absolute Gasteiger partial charge is 0.0655 e. The van der Waals surface area contributed by atoms with E-state index in [-0.39, 0.29) is 0 Å². The highest BCUT2D eigenvalue weighted by Crippen LogP contribution is 2.41. The van der Waals surface area contributed by atoms with Crippen molar-refractivity contribution in [3.8, 4) is 6.07 Å². The predicted octanol–water partition coefficient (Wildman–Crippen LogP) is 5.87. The molecule has 20 heavy (non-hydrogen) atoms. The molecule has 0 aromatic carbocycles. The first-order chi connectivity index (χ1) is 9.83. The summed E-state index contributed by atoms with van der Waals surface area (Å²) in [6, 6.07) is 2.46. The van der Waals surface area contributed by atoms with Crippen LogP contribution < -0.4 is 0 Å². The van der Waals surface area contributed by atoms with E-state index in [4.69, 9.17) is 5.26 Å². The van der Waals surface area contributed by atoms with Crippen molar-refractivity contribution in [3.63, 3.8) is 0 Å². The Kier molecular flexibility index (Phi) is 6.64. The van der Waals surface area contributed by atoms with Crippen LogP contribution in [0.1, 0.15) is 77.6 Å². The molecule has 1 heteroatoms. The molecule has 0 amide bonds. The average molecular weight is 273 g/mol. The Morgan fingerprint density at radius 1 is 0.950 bits per heavy atom. The molecule has 2 saturated carbocycles. The van der Waals surface area contributed by atoms with Crippen LogP contribution in [0.3, 0.4) is 0 Å². The normalized spacial score (nSPS) is 35.0. The van der Waals surface area contributed by atoms with Crippen molar-refractivity contribution in [1.82, 2.24) is 0 Å². The fraction of sp³-hybridized carbons (Fsp3) is 0.842. The van der Waals surface area contributed by atoms with Crippen molar-refractivity contribution in [3.05, 3.63) is 12.2 Å². The molecule has 1 nitrogen and oxygen atoms in total. The van der Waals surface area contributed by atoms with Crippen LogP contribution in [0.25, 0.3) is 0 Å². The maximum Gasteiger partial charge on any atom is 0.0655 e. The number of unbranched alkanes of at least 4 members (excludes halogenated alkanes) is 2. The Bertz CT molecular complexity index is 322. The van der Waals surface area contributed by atoms with Crippen LogP contribution in [-0.4, -0.2) is 0 Å². The van der Waals surface area contributed by atoms with Crippen LogP contribution in [0.2, 0.25) is 0 Å². The van der Waals surface area contributed by atoms with E-state index in [0.29, 0.717) is 5.92 Å². The number of rotatable bonds is 5. The van der Waals surface area contributed by atoms with Gasteiger partial charge < -0.3 is 0 Å². The lowest BCUT2D eigenvalue weighted by atomic mass is 9.69. The summed E-state index contributed by atoms with van der Waals surface area (Å²) >= 11 is 0. The summed E-state index contributed by atoms with van der Waals surface area (Å²) < 4.78 is 0. The van der Waals surface area contributed by atoms with Gasteiger partial charge in [-0.25, -0.2) is 0 Å². The largest absolute Gasteiger partial charge is 0.198 e. The lowest BCUT2D eigenvalue weighted by Gasteiger charge is -2.36. The molecule has 2 fully saturated rings. The molecule has 112 valence electrons. The van der Waals surface area contributed by atoms with E-state index in [1.807, 2.05) is 0 Å². The van der Waals surface area contributed by atoms with Gasteiger partial charge in [-0.1, -0.05) is 31.9 Å². The highest BCUT2D eigenvalue weighted by Gasteiger charge is 2.30. The van der Waals surface area contributed by atoms with E-state index in [0.717, 1.165) is 30.6 Å². The molecule has 2 rings (SSSR count). The summed E-state index contributed by atoms with van der Waals surface area (Å²) in [4.78, 5) is 0. The minimum atomic E-state index is 0.365. The second kappa shape index (κ2) is 8.50. The molecule has 0 saturated heterocycles. The first-order valence-electron chi connectivity index (χ1n) is 8.89. The lowest BCUT2D eigenvalue weighted by Crippen LogP contribution is -2.25. The van der Waals surface area contributed by atoms with Crippen LogP contribution in [0, 0.1) is 35.0 Å². The summed E-state index contributed by atoms with van der Waals surface area (Å²) in [6.07, 6.45) is 19.5. The molecule has 0 aliphatic heterocycles. The fourth-order valence-corrected chi connectivity index (χ4v) is 4.14. The SMILES string of the molecule is CCCCC=C[C@H]1CC[C@H]([C@H]2CC[C@H](C#N)CC2)CC1. The summed E-state index contributed by atoms with van der Waals surface area (Å²) in [5, 5.41) is 8.99. The van der Waals surface area contributed by atoms with Gasteiger partial charge in [0.2, 0.25) is 0 Å². The van der Waals surface area contributed by atoms with Crippen LogP contribution >= 0.6 is 0 Å². The second-order valence-electron chi connectivity index (χ2n) is 6.99. The topological polar surface area (TPSA) is 23.8 Å². The molecule has 2 aliphatic rings. The van der Waals surface area contributed by atoms with Crippen molar-refractivity contribution in [2.24, 2.45) is 23.7 Å². The average Bonchev–Trinajstić information content (AvgIpc) is 2.52. The second-order valence-corrected chi connectivity index (χ2v) is 6.99. The number of hydrogen-bond donors (Lipinski definition) is 0. The summed E-state index contributed by atoms with van der Waals surface area (Å²) in [7, 11) is 0. The third-order valence-electron chi connectivity index (χ3n) is 5.57. The molecule has 0 aromatic heterocycles. The van der Waals surface area contributed by atoms with Crippen LogP contribution in [0.15, 0.2) is 12.2 Å². The van der Waals surface area contributed by atoms with Gasteiger partial charge in [-0.3, -0.25) is 0 Å². The molecule has 0 bridgehead atoms. The molecule has 0 atom stereocenters. The van der Waals surface area contributed by atoms with Gasteiger partial charge >= 0.3 is 0 Å². The first-order valence-corrected chi connectivity index (χ1v) is 8.89. The molecule has 0 radical (unpaired) electrons. The highest BCUT2D eigenvalue weighted by molar-refractivity contribution is 4.93. The van der Waals surface area contributed by atoms with Crippen LogP contribution in [0.5, 0.6) is 0 Å². The Hall–Kier alpha value is -0.770. The zero-order chi connectivity index (χ0) is 14.2. The van der Waals surface area contributed by atoms with Crippen molar-refractivity contribution >= 4 is 0 Å². The van der Waals surface area contributed by atoms with Gasteiger partial charge in [-0.05, 0) is 75.5 Å². The van der Waals surface area contributed by atoms with Crippen LogP contribution in [0.4, 0.5) is 0 Å². The molecule has 0 heterocycles. The number of nitrogens with zero attached hydrogens (tertiary/aromatic N) is 1. The van der Waals surface area contributed by atoms with E-state index in [1.54, 1.807) is 0 Å². The van der Waals surface area contributed by atoms with Crippen LogP contribution in [-0.2, 0) is 0 Å². The van der Waals surface area contributed by atoms with Crippen molar-refractivity contribution in [2.45, 2.75) is 77.6 Å². The first kappa shape index (κ1) is 15.6. The van der Waals surface area contributed by atoms with Gasteiger partial charge in [0.1, 0.15) is 0 Å². The molecule has 0 unspecified atom stereocenters. The lowest BCUT2D eigenvalue weighted by molar-refractivity contribution is 0.168. The highest BCUT2D eigenvalue weighted by atomic mass is 14.4. The Morgan fingerprint density at radius 3 is 2.10 bits per heavy atom. The van der Waals surface area contributed by atoms with Gasteiger partial charge in [-0.2, -0.15) is 5.26 Å². The predicted molar refractivity (Wildman–Crippen MR) is 85.2 cm³/mol. The quantitative estimate of drug-likeness (QED) is 0.454. The van der Waals surface area contributed by atoms with Gasteiger partial charge in [0.15, 0.2) is 0 Å². The molecule has 0 spiro atoms. The number of allylic oxidation sites excluding steroid dienone is 2. The minimum Gasteiger partial charge on any atom is -0.198 e. The monoisotopic (exact) mass is 273 g/mol. The molecule has 0 N–H and O–H groups in total. The molecular weight excluding hydrogens is 242 g/mol. The zero-order valence-electron chi connectivity index (χ0n) is 13.2.